The van der Waals surface area contributed by atoms with Gasteiger partial charge in [-0.15, -0.1) is 0 Å². The zero-order valence-corrected chi connectivity index (χ0v) is 43.4. The monoisotopic (exact) mass is 921 g/mol. The first-order chi connectivity index (χ1) is 32.5. The SMILES string of the molecule is CC/C=C\C/C=C\C/C=C\C/C=C\CCCCCCC(=O)OCC(COC(=O)CCCCCCC/C=C\CCCCCCCC)OC(=O)CCCCCCC/C=C\CCCCCCCCC. The van der Waals surface area contributed by atoms with E-state index in [0.717, 1.165) is 116 Å². The summed E-state index contributed by atoms with van der Waals surface area (Å²) in [7, 11) is 0. The van der Waals surface area contributed by atoms with Gasteiger partial charge in [-0.05, 0) is 109 Å². The molecule has 1 unspecified atom stereocenters. The minimum absolute atomic E-state index is 0.0906. The van der Waals surface area contributed by atoms with Gasteiger partial charge in [0.2, 0.25) is 0 Å². The van der Waals surface area contributed by atoms with Crippen molar-refractivity contribution in [3.63, 3.8) is 0 Å². The van der Waals surface area contributed by atoms with E-state index in [0.29, 0.717) is 19.3 Å². The minimum atomic E-state index is -0.793. The van der Waals surface area contributed by atoms with Crippen molar-refractivity contribution in [2.45, 2.75) is 277 Å². The van der Waals surface area contributed by atoms with Crippen molar-refractivity contribution in [2.24, 2.45) is 0 Å². The standard InChI is InChI=1S/C60H104O6/c1-4-7-10-13-16-19-22-25-28-30-33-35-38-41-44-47-50-53-59(62)65-56-57(55-64-58(61)52-49-46-43-40-37-34-31-27-24-21-18-15-12-9-6-3)66-60(63)54-51-48-45-42-39-36-32-29-26-23-20-17-14-11-8-5-2/h7,10,16,19,25,27-29,31-33,35,57H,4-6,8-9,11-15,17-18,20-24,26,30,34,36-56H2,1-3H3/b10-7-,19-16-,28-25-,31-27-,32-29-,35-33-. The topological polar surface area (TPSA) is 78.9 Å². The summed E-state index contributed by atoms with van der Waals surface area (Å²) in [6, 6.07) is 0. The molecule has 0 aromatic heterocycles. The molecule has 66 heavy (non-hydrogen) atoms. The minimum Gasteiger partial charge on any atom is -0.462 e. The van der Waals surface area contributed by atoms with Crippen molar-refractivity contribution < 1.29 is 28.6 Å². The molecule has 0 aromatic rings. The van der Waals surface area contributed by atoms with Crippen LogP contribution in [0.2, 0.25) is 0 Å². The Bertz CT molecular complexity index is 1240. The number of rotatable bonds is 50. The van der Waals surface area contributed by atoms with Crippen LogP contribution in [-0.4, -0.2) is 37.2 Å². The number of ether oxygens (including phenoxy) is 3. The lowest BCUT2D eigenvalue weighted by Gasteiger charge is -2.18. The lowest BCUT2D eigenvalue weighted by atomic mass is 10.1. The van der Waals surface area contributed by atoms with E-state index in [9.17, 15) is 14.4 Å². The molecule has 6 heteroatoms. The zero-order valence-electron chi connectivity index (χ0n) is 43.4. The van der Waals surface area contributed by atoms with Crippen LogP contribution < -0.4 is 0 Å². The fourth-order valence-corrected chi connectivity index (χ4v) is 7.72. The summed E-state index contributed by atoms with van der Waals surface area (Å²) in [4.78, 5) is 38.1. The Kier molecular flexibility index (Phi) is 51.9. The van der Waals surface area contributed by atoms with Crippen LogP contribution in [0.3, 0.4) is 0 Å². The molecule has 0 aliphatic heterocycles. The second-order valence-corrected chi connectivity index (χ2v) is 18.5. The normalized spacial score (nSPS) is 12.6. The fourth-order valence-electron chi connectivity index (χ4n) is 7.72. The summed E-state index contributed by atoms with van der Waals surface area (Å²) in [5.41, 5.74) is 0. The third-order valence-corrected chi connectivity index (χ3v) is 11.9. The molecular weight excluding hydrogens is 817 g/mol. The van der Waals surface area contributed by atoms with Crippen LogP contribution in [0.15, 0.2) is 72.9 Å². The predicted molar refractivity (Wildman–Crippen MR) is 284 cm³/mol. The van der Waals surface area contributed by atoms with Gasteiger partial charge in [0.25, 0.3) is 0 Å². The number of unbranched alkanes of at least 4 members (excludes halogenated alkanes) is 27. The Balaban J connectivity index is 4.45. The highest BCUT2D eigenvalue weighted by molar-refractivity contribution is 5.71. The molecule has 0 amide bonds. The van der Waals surface area contributed by atoms with Gasteiger partial charge in [0.1, 0.15) is 13.2 Å². The molecule has 0 spiro atoms. The first kappa shape index (κ1) is 62.8. The molecule has 0 N–H and O–H groups in total. The summed E-state index contributed by atoms with van der Waals surface area (Å²) < 4.78 is 16.8. The number of hydrogen-bond donors (Lipinski definition) is 0. The molecular formula is C60H104O6. The van der Waals surface area contributed by atoms with E-state index in [2.05, 4.69) is 93.7 Å². The van der Waals surface area contributed by atoms with E-state index in [1.807, 2.05) is 0 Å². The smallest absolute Gasteiger partial charge is 0.306 e. The maximum Gasteiger partial charge on any atom is 0.306 e. The molecule has 0 aliphatic rings. The van der Waals surface area contributed by atoms with Crippen LogP contribution in [0.25, 0.3) is 0 Å². The molecule has 0 rings (SSSR count). The summed E-state index contributed by atoms with van der Waals surface area (Å²) in [6.45, 7) is 6.50. The average molecular weight is 921 g/mol. The number of carbonyl (C=O) groups is 3. The van der Waals surface area contributed by atoms with Gasteiger partial charge < -0.3 is 14.2 Å². The summed E-state index contributed by atoms with van der Waals surface area (Å²) >= 11 is 0. The predicted octanol–water partition coefficient (Wildman–Crippen LogP) is 18.6. The largest absolute Gasteiger partial charge is 0.462 e. The van der Waals surface area contributed by atoms with E-state index in [1.54, 1.807) is 0 Å². The molecule has 0 bridgehead atoms. The van der Waals surface area contributed by atoms with Gasteiger partial charge in [0.15, 0.2) is 6.10 Å². The van der Waals surface area contributed by atoms with Crippen molar-refractivity contribution >= 4 is 17.9 Å². The maximum absolute atomic E-state index is 12.8. The molecule has 6 nitrogen and oxygen atoms in total. The van der Waals surface area contributed by atoms with Crippen molar-refractivity contribution in [1.29, 1.82) is 0 Å². The van der Waals surface area contributed by atoms with Crippen LogP contribution in [0.1, 0.15) is 271 Å². The molecule has 380 valence electrons. The van der Waals surface area contributed by atoms with Gasteiger partial charge >= 0.3 is 17.9 Å². The van der Waals surface area contributed by atoms with E-state index in [1.165, 1.54) is 116 Å². The number of hydrogen-bond acceptors (Lipinski definition) is 6. The Morgan fingerprint density at radius 1 is 0.318 bits per heavy atom. The zero-order chi connectivity index (χ0) is 47.9. The number of esters is 3. The molecule has 0 radical (unpaired) electrons. The second kappa shape index (κ2) is 54.5. The third-order valence-electron chi connectivity index (χ3n) is 11.9. The highest BCUT2D eigenvalue weighted by Gasteiger charge is 2.19. The Labute approximate surface area is 408 Å². The first-order valence-corrected chi connectivity index (χ1v) is 27.9. The second-order valence-electron chi connectivity index (χ2n) is 18.5. The van der Waals surface area contributed by atoms with Gasteiger partial charge in [-0.2, -0.15) is 0 Å². The Hall–Kier alpha value is -3.15. The van der Waals surface area contributed by atoms with Gasteiger partial charge in [0.05, 0.1) is 0 Å². The van der Waals surface area contributed by atoms with Crippen LogP contribution >= 0.6 is 0 Å². The van der Waals surface area contributed by atoms with E-state index in [4.69, 9.17) is 14.2 Å². The Morgan fingerprint density at radius 3 is 0.939 bits per heavy atom. The van der Waals surface area contributed by atoms with E-state index >= 15 is 0 Å². The number of allylic oxidation sites excluding steroid dienone is 12. The summed E-state index contributed by atoms with van der Waals surface area (Å²) in [5, 5.41) is 0. The van der Waals surface area contributed by atoms with E-state index < -0.39 is 6.10 Å². The third kappa shape index (κ3) is 51.8. The summed E-state index contributed by atoms with van der Waals surface area (Å²) in [5.74, 6) is -0.925. The average Bonchev–Trinajstić information content (AvgIpc) is 3.31. The van der Waals surface area contributed by atoms with Crippen molar-refractivity contribution in [2.75, 3.05) is 13.2 Å². The number of carbonyl (C=O) groups excluding carboxylic acids is 3. The molecule has 0 aromatic carbocycles. The molecule has 1 atom stereocenters. The van der Waals surface area contributed by atoms with Crippen molar-refractivity contribution in [1.82, 2.24) is 0 Å². The van der Waals surface area contributed by atoms with Gasteiger partial charge in [-0.25, -0.2) is 0 Å². The highest BCUT2D eigenvalue weighted by atomic mass is 16.6. The Morgan fingerprint density at radius 2 is 0.591 bits per heavy atom. The lowest BCUT2D eigenvalue weighted by Crippen LogP contribution is -2.30. The molecule has 0 fully saturated rings. The quantitative estimate of drug-likeness (QED) is 0.0262. The lowest BCUT2D eigenvalue weighted by molar-refractivity contribution is -0.167. The van der Waals surface area contributed by atoms with E-state index in [-0.39, 0.29) is 31.1 Å². The van der Waals surface area contributed by atoms with Crippen molar-refractivity contribution in [3.05, 3.63) is 72.9 Å². The van der Waals surface area contributed by atoms with Crippen LogP contribution in [0.5, 0.6) is 0 Å². The molecule has 0 saturated heterocycles. The molecule has 0 aliphatic carbocycles. The van der Waals surface area contributed by atoms with Gasteiger partial charge in [-0.3, -0.25) is 14.4 Å². The molecule has 0 saturated carbocycles. The summed E-state index contributed by atoms with van der Waals surface area (Å²) in [6.07, 6.45) is 68.8. The maximum atomic E-state index is 12.8. The van der Waals surface area contributed by atoms with Gasteiger partial charge in [-0.1, -0.05) is 216 Å². The van der Waals surface area contributed by atoms with Crippen LogP contribution in [0, 0.1) is 0 Å². The first-order valence-electron chi connectivity index (χ1n) is 27.9. The van der Waals surface area contributed by atoms with Crippen LogP contribution in [-0.2, 0) is 28.6 Å². The molecule has 0 heterocycles. The fraction of sp³-hybridized carbons (Fsp3) is 0.750. The van der Waals surface area contributed by atoms with Crippen LogP contribution in [0.4, 0.5) is 0 Å². The highest BCUT2D eigenvalue weighted by Crippen LogP contribution is 2.14. The van der Waals surface area contributed by atoms with Gasteiger partial charge in [0, 0.05) is 19.3 Å². The van der Waals surface area contributed by atoms with Crippen molar-refractivity contribution in [3.8, 4) is 0 Å².